The molecule has 2 aromatic carbocycles. The van der Waals surface area contributed by atoms with Crippen molar-refractivity contribution in [3.8, 4) is 0 Å². The largest absolute Gasteiger partial charge is 0.475 e. The van der Waals surface area contributed by atoms with Crippen molar-refractivity contribution >= 4 is 11.8 Å². The van der Waals surface area contributed by atoms with Crippen LogP contribution >= 0.6 is 0 Å². The lowest BCUT2D eigenvalue weighted by atomic mass is 9.88. The molecule has 0 fully saturated rings. The summed E-state index contributed by atoms with van der Waals surface area (Å²) in [7, 11) is 0. The predicted molar refractivity (Wildman–Crippen MR) is 106 cm³/mol. The molecule has 1 aliphatic carbocycles. The maximum Gasteiger partial charge on any atom is 0.217 e. The molecular formula is C23H24N2O2. The number of fused-ring (bicyclic) bond motifs is 3. The molecule has 0 radical (unpaired) electrons. The van der Waals surface area contributed by atoms with E-state index in [9.17, 15) is 0 Å². The van der Waals surface area contributed by atoms with Crippen molar-refractivity contribution in [3.05, 3.63) is 70.8 Å². The van der Waals surface area contributed by atoms with Gasteiger partial charge < -0.3 is 9.47 Å². The van der Waals surface area contributed by atoms with Gasteiger partial charge >= 0.3 is 0 Å². The Morgan fingerprint density at radius 1 is 0.889 bits per heavy atom. The smallest absolute Gasteiger partial charge is 0.217 e. The Morgan fingerprint density at radius 3 is 2.30 bits per heavy atom. The average Bonchev–Trinajstić information content (AvgIpc) is 3.35. The molecule has 0 saturated heterocycles. The summed E-state index contributed by atoms with van der Waals surface area (Å²) >= 11 is 0. The Morgan fingerprint density at radius 2 is 1.59 bits per heavy atom. The summed E-state index contributed by atoms with van der Waals surface area (Å²) in [5.74, 6) is 1.48. The first-order valence-corrected chi connectivity index (χ1v) is 9.63. The molecule has 3 atom stereocenters. The van der Waals surface area contributed by atoms with Gasteiger partial charge in [0.05, 0.1) is 6.04 Å². The molecule has 2 heterocycles. The van der Waals surface area contributed by atoms with Crippen molar-refractivity contribution in [2.45, 2.75) is 45.4 Å². The fourth-order valence-electron chi connectivity index (χ4n) is 3.97. The Bertz CT molecular complexity index is 938. The molecular weight excluding hydrogens is 336 g/mol. The summed E-state index contributed by atoms with van der Waals surface area (Å²) in [5, 5.41) is 0. The van der Waals surface area contributed by atoms with E-state index in [4.69, 9.17) is 19.5 Å². The van der Waals surface area contributed by atoms with Gasteiger partial charge in [-0.2, -0.15) is 0 Å². The molecule has 4 nitrogen and oxygen atoms in total. The summed E-state index contributed by atoms with van der Waals surface area (Å²) in [6.45, 7) is 7.24. The third-order valence-corrected chi connectivity index (χ3v) is 5.70. The van der Waals surface area contributed by atoms with Crippen LogP contribution in [0.15, 0.2) is 58.5 Å². The van der Waals surface area contributed by atoms with E-state index >= 15 is 0 Å². The van der Waals surface area contributed by atoms with Crippen molar-refractivity contribution in [1.29, 1.82) is 0 Å². The molecule has 0 unspecified atom stereocenters. The van der Waals surface area contributed by atoms with Crippen molar-refractivity contribution in [1.82, 2.24) is 0 Å². The maximum absolute atomic E-state index is 6.17. The molecule has 3 aliphatic rings. The van der Waals surface area contributed by atoms with Crippen LogP contribution in [0.2, 0.25) is 0 Å². The van der Waals surface area contributed by atoms with Gasteiger partial charge in [0.15, 0.2) is 0 Å². The van der Waals surface area contributed by atoms with Crippen LogP contribution in [0.3, 0.4) is 0 Å². The molecule has 2 aromatic rings. The van der Waals surface area contributed by atoms with Gasteiger partial charge in [0.25, 0.3) is 0 Å². The van der Waals surface area contributed by atoms with Gasteiger partial charge in [0, 0.05) is 17.5 Å². The fourth-order valence-corrected chi connectivity index (χ4v) is 3.97. The second kappa shape index (κ2) is 5.95. The predicted octanol–water partition coefficient (Wildman–Crippen LogP) is 4.32. The van der Waals surface area contributed by atoms with Gasteiger partial charge in [0.1, 0.15) is 18.8 Å². The number of ether oxygens (including phenoxy) is 2. The van der Waals surface area contributed by atoms with E-state index in [1.165, 1.54) is 11.1 Å². The van der Waals surface area contributed by atoms with Crippen molar-refractivity contribution < 1.29 is 9.47 Å². The molecule has 0 N–H and O–H groups in total. The van der Waals surface area contributed by atoms with Gasteiger partial charge in [-0.05, 0) is 40.8 Å². The fraction of sp³-hybridized carbons (Fsp3) is 0.391. The molecule has 4 heteroatoms. The summed E-state index contributed by atoms with van der Waals surface area (Å²) in [5.41, 5.74) is 4.79. The van der Waals surface area contributed by atoms with Crippen molar-refractivity contribution in [3.63, 3.8) is 0 Å². The van der Waals surface area contributed by atoms with Gasteiger partial charge in [-0.25, -0.2) is 9.98 Å². The van der Waals surface area contributed by atoms with E-state index < -0.39 is 0 Å². The monoisotopic (exact) mass is 360 g/mol. The van der Waals surface area contributed by atoms with Crippen molar-refractivity contribution in [2.24, 2.45) is 15.4 Å². The van der Waals surface area contributed by atoms with E-state index in [1.807, 2.05) is 12.1 Å². The lowest BCUT2D eigenvalue weighted by molar-refractivity contribution is 0.206. The molecule has 0 aromatic heterocycles. The van der Waals surface area contributed by atoms with Crippen LogP contribution in [0, 0.1) is 5.41 Å². The normalized spacial score (nSPS) is 26.0. The highest BCUT2D eigenvalue weighted by molar-refractivity contribution is 5.99. The van der Waals surface area contributed by atoms with E-state index in [0.717, 1.165) is 29.3 Å². The zero-order valence-corrected chi connectivity index (χ0v) is 16.0. The van der Waals surface area contributed by atoms with Gasteiger partial charge in [-0.15, -0.1) is 0 Å². The molecule has 138 valence electrons. The topological polar surface area (TPSA) is 43.2 Å². The number of rotatable bonds is 2. The first kappa shape index (κ1) is 16.5. The first-order valence-electron chi connectivity index (χ1n) is 9.63. The Hall–Kier alpha value is -2.62. The minimum absolute atomic E-state index is 0.113. The molecule has 0 bridgehead atoms. The van der Waals surface area contributed by atoms with E-state index in [2.05, 4.69) is 57.2 Å². The second-order valence-electron chi connectivity index (χ2n) is 8.64. The van der Waals surface area contributed by atoms with E-state index in [0.29, 0.717) is 6.61 Å². The third kappa shape index (κ3) is 2.84. The zero-order valence-electron chi connectivity index (χ0n) is 16.0. The minimum atomic E-state index is 0.113. The van der Waals surface area contributed by atoms with Gasteiger partial charge in [-0.1, -0.05) is 45.0 Å². The van der Waals surface area contributed by atoms with Crippen LogP contribution < -0.4 is 0 Å². The van der Waals surface area contributed by atoms with E-state index in [-0.39, 0.29) is 23.6 Å². The maximum atomic E-state index is 6.17. The van der Waals surface area contributed by atoms with Crippen LogP contribution in [-0.4, -0.2) is 30.5 Å². The zero-order chi connectivity index (χ0) is 18.6. The molecule has 2 aliphatic heterocycles. The quantitative estimate of drug-likeness (QED) is 0.800. The Balaban J connectivity index is 1.37. The second-order valence-corrected chi connectivity index (χ2v) is 8.64. The van der Waals surface area contributed by atoms with Crippen LogP contribution in [0.5, 0.6) is 0 Å². The molecule has 5 rings (SSSR count). The molecule has 0 amide bonds. The number of hydrogen-bond donors (Lipinski definition) is 0. The lowest BCUT2D eigenvalue weighted by Crippen LogP contribution is -2.25. The summed E-state index contributed by atoms with van der Waals surface area (Å²) in [4.78, 5) is 9.63. The molecule has 0 saturated carbocycles. The molecule has 27 heavy (non-hydrogen) atoms. The third-order valence-electron chi connectivity index (χ3n) is 5.70. The van der Waals surface area contributed by atoms with Crippen molar-refractivity contribution in [2.75, 3.05) is 6.61 Å². The number of aliphatic imine (C=N–C) groups is 2. The highest BCUT2D eigenvalue weighted by Gasteiger charge is 2.39. The minimum Gasteiger partial charge on any atom is -0.475 e. The summed E-state index contributed by atoms with van der Waals surface area (Å²) in [6.07, 6.45) is 1.07. The van der Waals surface area contributed by atoms with Crippen LogP contribution in [0.25, 0.3) is 0 Å². The van der Waals surface area contributed by atoms with E-state index in [1.54, 1.807) is 0 Å². The highest BCUT2D eigenvalue weighted by atomic mass is 16.5. The van der Waals surface area contributed by atoms with Crippen LogP contribution in [0.4, 0.5) is 0 Å². The summed E-state index contributed by atoms with van der Waals surface area (Å²) in [6, 6.07) is 17.0. The highest BCUT2D eigenvalue weighted by Crippen LogP contribution is 2.40. The number of benzene rings is 2. The number of nitrogens with zero attached hydrogens (tertiary/aromatic N) is 2. The summed E-state index contributed by atoms with van der Waals surface area (Å²) < 4.78 is 12.0. The van der Waals surface area contributed by atoms with Crippen LogP contribution in [0.1, 0.15) is 49.1 Å². The molecule has 0 spiro atoms. The Labute approximate surface area is 160 Å². The average molecular weight is 360 g/mol. The Kier molecular flexibility index (Phi) is 3.64. The lowest BCUT2D eigenvalue weighted by Gasteiger charge is -2.21. The SMILES string of the molecule is CC(C)(C)[C@H]1COC(c2ccc(C3=N[C@H]4c5ccccc5C[C@H]4O3)cc2)=N1. The van der Waals surface area contributed by atoms with Crippen LogP contribution in [-0.2, 0) is 15.9 Å². The number of hydrogen-bond acceptors (Lipinski definition) is 4. The van der Waals surface area contributed by atoms with Gasteiger partial charge in [0.2, 0.25) is 11.8 Å². The van der Waals surface area contributed by atoms with Gasteiger partial charge in [-0.3, -0.25) is 0 Å². The standard InChI is InChI=1S/C23H24N2O2/c1-23(2,3)19-13-26-21(24-19)14-8-10-15(11-9-14)22-25-20-17-7-5-4-6-16(17)12-18(20)27-22/h4-11,18-20H,12-13H2,1-3H3/t18-,19-,20+/m1/s1. The first-order chi connectivity index (χ1) is 13.0.